The topological polar surface area (TPSA) is 49.0 Å². The third-order valence-corrected chi connectivity index (χ3v) is 3.45. The Bertz CT molecular complexity index is 495. The van der Waals surface area contributed by atoms with Gasteiger partial charge < -0.3 is 9.88 Å². The molecule has 1 aromatic heterocycles. The average Bonchev–Trinajstić information content (AvgIpc) is 2.58. The average molecular weight is 326 g/mol. The zero-order valence-corrected chi connectivity index (χ0v) is 11.3. The molecule has 1 aliphatic rings. The van der Waals surface area contributed by atoms with E-state index in [1.165, 1.54) is 0 Å². The fraction of sp³-hybridized carbons (Fsp3) is 0.600. The number of hydrogen-bond acceptors (Lipinski definition) is 2. The molecule has 1 aliphatic heterocycles. The molecule has 1 aromatic rings. The summed E-state index contributed by atoms with van der Waals surface area (Å²) in [7, 11) is 0. The molecule has 8 heteroatoms. The van der Waals surface area contributed by atoms with E-state index < -0.39 is 17.6 Å². The van der Waals surface area contributed by atoms with Gasteiger partial charge in [0.15, 0.2) is 4.73 Å². The number of nitrogens with one attached hydrogen (secondary N) is 1. The first-order valence-electron chi connectivity index (χ1n) is 5.27. The Morgan fingerprint density at radius 2 is 2.11 bits per heavy atom. The number of H-pyrrole nitrogens is 1. The lowest BCUT2D eigenvalue weighted by Crippen LogP contribution is -2.54. The quantitative estimate of drug-likeness (QED) is 0.796. The van der Waals surface area contributed by atoms with Crippen LogP contribution in [0.3, 0.4) is 0 Å². The van der Waals surface area contributed by atoms with Crippen LogP contribution in [0.4, 0.5) is 13.2 Å². The SMILES string of the molecule is CC1(C)c2nc(Br)[nH]c2CCN1C(=O)C(F)(F)F. The molecule has 0 unspecified atom stereocenters. The summed E-state index contributed by atoms with van der Waals surface area (Å²) in [5.74, 6) is -1.82. The van der Waals surface area contributed by atoms with Crippen LogP contribution in [0.25, 0.3) is 0 Å². The van der Waals surface area contributed by atoms with Crippen molar-refractivity contribution in [1.82, 2.24) is 14.9 Å². The lowest BCUT2D eigenvalue weighted by atomic mass is 9.91. The largest absolute Gasteiger partial charge is 0.471 e. The Morgan fingerprint density at radius 3 is 2.67 bits per heavy atom. The van der Waals surface area contributed by atoms with Crippen LogP contribution >= 0.6 is 15.9 Å². The summed E-state index contributed by atoms with van der Waals surface area (Å²) < 4.78 is 38.0. The van der Waals surface area contributed by atoms with Gasteiger partial charge in [-0.15, -0.1) is 0 Å². The molecule has 100 valence electrons. The van der Waals surface area contributed by atoms with Crippen LogP contribution in [0.15, 0.2) is 4.73 Å². The molecule has 0 aliphatic carbocycles. The monoisotopic (exact) mass is 325 g/mol. The minimum Gasteiger partial charge on any atom is -0.336 e. The van der Waals surface area contributed by atoms with Gasteiger partial charge in [-0.3, -0.25) is 4.79 Å². The highest BCUT2D eigenvalue weighted by Gasteiger charge is 2.50. The molecule has 2 heterocycles. The number of halogens is 4. The van der Waals surface area contributed by atoms with Crippen LogP contribution in [0, 0.1) is 0 Å². The molecule has 0 aromatic carbocycles. The Labute approximate surface area is 110 Å². The van der Waals surface area contributed by atoms with Crippen molar-refractivity contribution in [2.45, 2.75) is 32.0 Å². The van der Waals surface area contributed by atoms with Crippen molar-refractivity contribution in [3.63, 3.8) is 0 Å². The molecular weight excluding hydrogens is 315 g/mol. The first-order valence-corrected chi connectivity index (χ1v) is 6.07. The zero-order valence-electron chi connectivity index (χ0n) is 9.73. The van der Waals surface area contributed by atoms with Crippen molar-refractivity contribution in [3.05, 3.63) is 16.1 Å². The summed E-state index contributed by atoms with van der Waals surface area (Å²) in [4.78, 5) is 19.3. The molecular formula is C10H11BrF3N3O. The summed E-state index contributed by atoms with van der Waals surface area (Å²) in [6.45, 7) is 3.14. The van der Waals surface area contributed by atoms with E-state index in [0.29, 0.717) is 16.8 Å². The number of carbonyl (C=O) groups excluding carboxylic acids is 1. The predicted octanol–water partition coefficient (Wildman–Crippen LogP) is 2.35. The summed E-state index contributed by atoms with van der Waals surface area (Å²) in [5, 5.41) is 0. The minimum absolute atomic E-state index is 0.0208. The molecule has 1 N–H and O–H groups in total. The number of nitrogens with zero attached hydrogens (tertiary/aromatic N) is 2. The Kier molecular flexibility index (Phi) is 2.95. The van der Waals surface area contributed by atoms with E-state index in [1.54, 1.807) is 13.8 Å². The maximum Gasteiger partial charge on any atom is 0.471 e. The molecule has 0 spiro atoms. The first kappa shape index (κ1) is 13.4. The number of aromatic amines is 1. The van der Waals surface area contributed by atoms with Gasteiger partial charge >= 0.3 is 12.1 Å². The minimum atomic E-state index is -4.86. The number of carbonyl (C=O) groups is 1. The van der Waals surface area contributed by atoms with E-state index in [2.05, 4.69) is 25.9 Å². The van der Waals surface area contributed by atoms with Crippen molar-refractivity contribution in [1.29, 1.82) is 0 Å². The molecule has 0 atom stereocenters. The van der Waals surface area contributed by atoms with Crippen molar-refractivity contribution < 1.29 is 18.0 Å². The molecule has 4 nitrogen and oxygen atoms in total. The smallest absolute Gasteiger partial charge is 0.336 e. The predicted molar refractivity (Wildman–Crippen MR) is 60.8 cm³/mol. The van der Waals surface area contributed by atoms with E-state index in [0.717, 1.165) is 10.6 Å². The van der Waals surface area contributed by atoms with Crippen LogP contribution in [0.5, 0.6) is 0 Å². The van der Waals surface area contributed by atoms with Crippen LogP contribution in [0.2, 0.25) is 0 Å². The molecule has 1 amide bonds. The Hall–Kier alpha value is -1.05. The lowest BCUT2D eigenvalue weighted by Gasteiger charge is -2.41. The van der Waals surface area contributed by atoms with Crippen molar-refractivity contribution in [2.24, 2.45) is 0 Å². The van der Waals surface area contributed by atoms with Crippen LogP contribution in [-0.2, 0) is 16.8 Å². The molecule has 18 heavy (non-hydrogen) atoms. The number of rotatable bonds is 0. The van der Waals surface area contributed by atoms with Gasteiger partial charge in [0.1, 0.15) is 0 Å². The summed E-state index contributed by atoms with van der Waals surface area (Å²) in [6.07, 6.45) is -4.53. The Balaban J connectivity index is 2.41. The summed E-state index contributed by atoms with van der Waals surface area (Å²) in [6, 6.07) is 0. The molecule has 2 rings (SSSR count). The fourth-order valence-corrected chi connectivity index (χ4v) is 2.62. The zero-order chi connectivity index (χ0) is 13.7. The number of imidazole rings is 1. The highest BCUT2D eigenvalue weighted by atomic mass is 79.9. The molecule has 0 radical (unpaired) electrons. The van der Waals surface area contributed by atoms with Gasteiger partial charge in [0.25, 0.3) is 0 Å². The molecule has 0 saturated carbocycles. The van der Waals surface area contributed by atoms with Gasteiger partial charge in [0.05, 0.1) is 11.2 Å². The van der Waals surface area contributed by atoms with Gasteiger partial charge in [-0.2, -0.15) is 13.2 Å². The van der Waals surface area contributed by atoms with Crippen molar-refractivity contribution in [2.75, 3.05) is 6.54 Å². The summed E-state index contributed by atoms with van der Waals surface area (Å²) >= 11 is 3.15. The van der Waals surface area contributed by atoms with E-state index >= 15 is 0 Å². The van der Waals surface area contributed by atoms with E-state index in [4.69, 9.17) is 0 Å². The number of hydrogen-bond donors (Lipinski definition) is 1. The van der Waals surface area contributed by atoms with Gasteiger partial charge in [-0.25, -0.2) is 4.98 Å². The molecule has 0 saturated heterocycles. The maximum atomic E-state index is 12.5. The van der Waals surface area contributed by atoms with Crippen LogP contribution < -0.4 is 0 Å². The number of fused-ring (bicyclic) bond motifs is 1. The van der Waals surface area contributed by atoms with E-state index in [9.17, 15) is 18.0 Å². The third kappa shape index (κ3) is 2.02. The third-order valence-electron chi connectivity index (χ3n) is 3.08. The molecule has 0 bridgehead atoms. The van der Waals surface area contributed by atoms with E-state index in [1.807, 2.05) is 0 Å². The van der Waals surface area contributed by atoms with Crippen molar-refractivity contribution in [3.8, 4) is 0 Å². The van der Waals surface area contributed by atoms with Gasteiger partial charge in [-0.1, -0.05) is 0 Å². The normalized spacial score (nSPS) is 18.7. The highest BCUT2D eigenvalue weighted by Crippen LogP contribution is 2.36. The van der Waals surface area contributed by atoms with Crippen LogP contribution in [0.1, 0.15) is 25.2 Å². The second-order valence-electron chi connectivity index (χ2n) is 4.62. The number of aromatic nitrogens is 2. The highest BCUT2D eigenvalue weighted by molar-refractivity contribution is 9.10. The van der Waals surface area contributed by atoms with E-state index in [-0.39, 0.29) is 6.54 Å². The fourth-order valence-electron chi connectivity index (χ4n) is 2.20. The standard InChI is InChI=1S/C10H11BrF3N3O/c1-9(2)6-5(15-8(11)16-6)3-4-17(9)7(18)10(12,13)14/h3-4H2,1-2H3,(H,15,16). The van der Waals surface area contributed by atoms with Crippen molar-refractivity contribution >= 4 is 21.8 Å². The van der Waals surface area contributed by atoms with Gasteiger partial charge in [0, 0.05) is 18.7 Å². The summed E-state index contributed by atoms with van der Waals surface area (Å²) in [5.41, 5.74) is 0.152. The second-order valence-corrected chi connectivity index (χ2v) is 5.37. The Morgan fingerprint density at radius 1 is 1.50 bits per heavy atom. The molecule has 0 fully saturated rings. The number of alkyl halides is 3. The first-order chi connectivity index (χ1) is 8.14. The second kappa shape index (κ2) is 3.97. The van der Waals surface area contributed by atoms with Gasteiger partial charge in [0.2, 0.25) is 0 Å². The van der Waals surface area contributed by atoms with Crippen LogP contribution in [-0.4, -0.2) is 33.5 Å². The number of amides is 1. The maximum absolute atomic E-state index is 12.5. The van der Waals surface area contributed by atoms with Gasteiger partial charge in [-0.05, 0) is 29.8 Å². The lowest BCUT2D eigenvalue weighted by molar-refractivity contribution is -0.192.